The fourth-order valence-electron chi connectivity index (χ4n) is 3.43. The van der Waals surface area contributed by atoms with Gasteiger partial charge >= 0.3 is 0 Å². The monoisotopic (exact) mass is 301 g/mol. The van der Waals surface area contributed by atoms with Crippen LogP contribution in [0.15, 0.2) is 10.5 Å². The summed E-state index contributed by atoms with van der Waals surface area (Å²) in [7, 11) is 0. The molecule has 1 aliphatic heterocycles. The summed E-state index contributed by atoms with van der Waals surface area (Å²) in [5.74, 6) is 2.63. The van der Waals surface area contributed by atoms with Crippen molar-refractivity contribution >= 4 is 0 Å². The second-order valence-corrected chi connectivity index (χ2v) is 6.71. The van der Waals surface area contributed by atoms with Crippen LogP contribution in [-0.2, 0) is 6.54 Å². The minimum absolute atomic E-state index is 0.507. The Morgan fingerprint density at radius 2 is 2.09 bits per heavy atom. The van der Waals surface area contributed by atoms with Gasteiger partial charge in [0.05, 0.1) is 12.2 Å². The number of aryl methyl sites for hydroxylation is 1. The Bertz CT molecular complexity index is 630. The van der Waals surface area contributed by atoms with Gasteiger partial charge in [-0.1, -0.05) is 6.42 Å². The van der Waals surface area contributed by atoms with E-state index in [0.29, 0.717) is 11.8 Å². The van der Waals surface area contributed by atoms with Gasteiger partial charge in [-0.25, -0.2) is 0 Å². The molecule has 1 unspecified atom stereocenters. The fourth-order valence-corrected chi connectivity index (χ4v) is 3.43. The van der Waals surface area contributed by atoms with E-state index in [1.807, 2.05) is 0 Å². The van der Waals surface area contributed by atoms with E-state index in [1.54, 1.807) is 0 Å². The number of hydrogen-bond acceptors (Lipinski definition) is 5. The Labute approximate surface area is 130 Å². The molecule has 1 N–H and O–H groups in total. The molecule has 6 heteroatoms. The van der Waals surface area contributed by atoms with E-state index in [9.17, 15) is 0 Å². The largest absolute Gasteiger partial charge is 0.424 e. The number of nitrogens with one attached hydrogen (secondary N) is 1. The van der Waals surface area contributed by atoms with Crippen LogP contribution in [0.1, 0.15) is 67.1 Å². The molecule has 1 saturated carbocycles. The normalized spacial score (nSPS) is 23.6. The standard InChI is InChI=1S/C16H23N5O/c1-11-8-14(18-17-11)13-6-3-7-21(9-13)10-15-19-20-16(22-15)12-4-2-5-12/h8,12-13H,2-7,9-10H2,1H3,(H,17,18). The molecule has 0 spiro atoms. The molecule has 0 radical (unpaired) electrons. The predicted molar refractivity (Wildman–Crippen MR) is 81.5 cm³/mol. The maximum atomic E-state index is 5.85. The molecule has 2 fully saturated rings. The molecule has 0 bridgehead atoms. The van der Waals surface area contributed by atoms with Gasteiger partial charge in [0.15, 0.2) is 0 Å². The molecule has 22 heavy (non-hydrogen) atoms. The minimum Gasteiger partial charge on any atom is -0.424 e. The highest BCUT2D eigenvalue weighted by Gasteiger charge is 2.27. The molecule has 0 aromatic carbocycles. The smallest absolute Gasteiger partial charge is 0.230 e. The van der Waals surface area contributed by atoms with E-state index in [-0.39, 0.29) is 0 Å². The van der Waals surface area contributed by atoms with E-state index >= 15 is 0 Å². The third kappa shape index (κ3) is 2.79. The highest BCUT2D eigenvalue weighted by atomic mass is 16.4. The van der Waals surface area contributed by atoms with Crippen molar-refractivity contribution in [3.05, 3.63) is 29.2 Å². The number of H-pyrrole nitrogens is 1. The lowest BCUT2D eigenvalue weighted by Gasteiger charge is -2.30. The summed E-state index contributed by atoms with van der Waals surface area (Å²) in [6.07, 6.45) is 6.09. The van der Waals surface area contributed by atoms with Gasteiger partial charge in [-0.15, -0.1) is 10.2 Å². The number of likely N-dealkylation sites (tertiary alicyclic amines) is 1. The van der Waals surface area contributed by atoms with Crippen molar-refractivity contribution in [2.24, 2.45) is 0 Å². The van der Waals surface area contributed by atoms with Crippen molar-refractivity contribution in [1.82, 2.24) is 25.3 Å². The van der Waals surface area contributed by atoms with E-state index in [2.05, 4.69) is 38.3 Å². The van der Waals surface area contributed by atoms with Crippen LogP contribution in [0.25, 0.3) is 0 Å². The topological polar surface area (TPSA) is 70.8 Å². The zero-order valence-electron chi connectivity index (χ0n) is 13.1. The Balaban J connectivity index is 1.38. The molecule has 2 aliphatic rings. The summed E-state index contributed by atoms with van der Waals surface area (Å²) < 4.78 is 5.85. The maximum absolute atomic E-state index is 5.85. The van der Waals surface area contributed by atoms with Gasteiger partial charge < -0.3 is 4.42 Å². The van der Waals surface area contributed by atoms with Crippen molar-refractivity contribution in [2.75, 3.05) is 13.1 Å². The molecule has 1 saturated heterocycles. The van der Waals surface area contributed by atoms with Crippen molar-refractivity contribution in [3.63, 3.8) is 0 Å². The van der Waals surface area contributed by atoms with E-state index < -0.39 is 0 Å². The third-order valence-electron chi connectivity index (χ3n) is 4.95. The zero-order valence-corrected chi connectivity index (χ0v) is 13.1. The Morgan fingerprint density at radius 1 is 1.23 bits per heavy atom. The average Bonchev–Trinajstić information content (AvgIpc) is 3.07. The van der Waals surface area contributed by atoms with Gasteiger partial charge in [0.1, 0.15) is 0 Å². The summed E-state index contributed by atoms with van der Waals surface area (Å²) in [6, 6.07) is 2.16. The second kappa shape index (κ2) is 5.83. The van der Waals surface area contributed by atoms with Crippen molar-refractivity contribution in [2.45, 2.75) is 57.4 Å². The van der Waals surface area contributed by atoms with Crippen LogP contribution in [0.2, 0.25) is 0 Å². The zero-order chi connectivity index (χ0) is 14.9. The Kier molecular flexibility index (Phi) is 3.70. The molecule has 4 rings (SSSR count). The van der Waals surface area contributed by atoms with E-state index in [4.69, 9.17) is 4.42 Å². The molecule has 1 aliphatic carbocycles. The van der Waals surface area contributed by atoms with Gasteiger partial charge in [0.25, 0.3) is 0 Å². The quantitative estimate of drug-likeness (QED) is 0.940. The van der Waals surface area contributed by atoms with Gasteiger partial charge in [-0.2, -0.15) is 5.10 Å². The van der Waals surface area contributed by atoms with E-state index in [1.165, 1.54) is 37.8 Å². The molecule has 118 valence electrons. The second-order valence-electron chi connectivity index (χ2n) is 6.71. The van der Waals surface area contributed by atoms with Gasteiger partial charge in [0.2, 0.25) is 11.8 Å². The number of aromatic amines is 1. The number of rotatable bonds is 4. The Hall–Kier alpha value is -1.69. The van der Waals surface area contributed by atoms with Crippen LogP contribution in [-0.4, -0.2) is 38.4 Å². The average molecular weight is 301 g/mol. The Morgan fingerprint density at radius 3 is 2.82 bits per heavy atom. The van der Waals surface area contributed by atoms with Gasteiger partial charge in [-0.3, -0.25) is 10.00 Å². The lowest BCUT2D eigenvalue weighted by atomic mass is 9.85. The molecule has 3 heterocycles. The molecule has 2 aromatic heterocycles. The number of hydrogen-bond donors (Lipinski definition) is 1. The molecular weight excluding hydrogens is 278 g/mol. The van der Waals surface area contributed by atoms with Crippen molar-refractivity contribution < 1.29 is 4.42 Å². The highest BCUT2D eigenvalue weighted by molar-refractivity contribution is 5.13. The van der Waals surface area contributed by atoms with Crippen LogP contribution in [0.3, 0.4) is 0 Å². The van der Waals surface area contributed by atoms with Crippen molar-refractivity contribution in [3.8, 4) is 0 Å². The van der Waals surface area contributed by atoms with Crippen LogP contribution in [0.5, 0.6) is 0 Å². The summed E-state index contributed by atoms with van der Waals surface area (Å²) in [5, 5.41) is 15.9. The number of aromatic nitrogens is 4. The molecule has 6 nitrogen and oxygen atoms in total. The molecule has 0 amide bonds. The molecule has 1 atom stereocenters. The lowest BCUT2D eigenvalue weighted by molar-refractivity contribution is 0.179. The third-order valence-corrected chi connectivity index (χ3v) is 4.95. The first kappa shape index (κ1) is 13.9. The first-order valence-corrected chi connectivity index (χ1v) is 8.34. The maximum Gasteiger partial charge on any atom is 0.230 e. The SMILES string of the molecule is Cc1cc(C2CCCN(Cc3nnc(C4CCC4)o3)C2)n[nH]1. The minimum atomic E-state index is 0.507. The predicted octanol–water partition coefficient (Wildman–Crippen LogP) is 2.75. The summed E-state index contributed by atoms with van der Waals surface area (Å²) in [5.41, 5.74) is 2.32. The van der Waals surface area contributed by atoms with E-state index in [0.717, 1.165) is 37.1 Å². The fraction of sp³-hybridized carbons (Fsp3) is 0.688. The highest BCUT2D eigenvalue weighted by Crippen LogP contribution is 2.35. The van der Waals surface area contributed by atoms with Crippen LogP contribution >= 0.6 is 0 Å². The van der Waals surface area contributed by atoms with Gasteiger partial charge in [0, 0.05) is 24.1 Å². The first-order valence-electron chi connectivity index (χ1n) is 8.34. The molecular formula is C16H23N5O. The van der Waals surface area contributed by atoms with Crippen LogP contribution in [0.4, 0.5) is 0 Å². The first-order chi connectivity index (χ1) is 10.8. The molecule has 2 aromatic rings. The van der Waals surface area contributed by atoms with Crippen LogP contribution < -0.4 is 0 Å². The number of nitrogens with zero attached hydrogens (tertiary/aromatic N) is 4. The van der Waals surface area contributed by atoms with Gasteiger partial charge in [-0.05, 0) is 45.2 Å². The summed E-state index contributed by atoms with van der Waals surface area (Å²) >= 11 is 0. The lowest BCUT2D eigenvalue weighted by Crippen LogP contribution is -2.34. The number of piperidine rings is 1. The van der Waals surface area contributed by atoms with Crippen LogP contribution in [0, 0.1) is 6.92 Å². The summed E-state index contributed by atoms with van der Waals surface area (Å²) in [6.45, 7) is 4.93. The summed E-state index contributed by atoms with van der Waals surface area (Å²) in [4.78, 5) is 2.41. The van der Waals surface area contributed by atoms with Crippen molar-refractivity contribution in [1.29, 1.82) is 0 Å².